The summed E-state index contributed by atoms with van der Waals surface area (Å²) in [6.07, 6.45) is 0. The van der Waals surface area contributed by atoms with Crippen LogP contribution in [0.5, 0.6) is 0 Å². The van der Waals surface area contributed by atoms with Gasteiger partial charge < -0.3 is 19.5 Å². The maximum absolute atomic E-state index is 13.9. The number of ether oxygens (including phenoxy) is 1. The minimum absolute atomic E-state index is 0.0762. The standard InChI is InChI=1S/C20H22FN3O3/c1-13-5-6-19(27-13)18(24-7-9-26-10-8-24)12-22-20(25)17-11-14-15(21)3-2-4-16(14)23-17/h2-6,11,18,23H,7-10,12H2,1H3,(H,22,25). The second kappa shape index (κ2) is 7.54. The first-order valence-corrected chi connectivity index (χ1v) is 9.05. The van der Waals surface area contributed by atoms with Gasteiger partial charge >= 0.3 is 0 Å². The predicted molar refractivity (Wildman–Crippen MR) is 99.2 cm³/mol. The van der Waals surface area contributed by atoms with Crippen molar-refractivity contribution in [1.82, 2.24) is 15.2 Å². The van der Waals surface area contributed by atoms with E-state index in [0.717, 1.165) is 24.6 Å². The normalized spacial score (nSPS) is 16.5. The van der Waals surface area contributed by atoms with Gasteiger partial charge in [-0.15, -0.1) is 0 Å². The Morgan fingerprint density at radius 3 is 2.81 bits per heavy atom. The van der Waals surface area contributed by atoms with Gasteiger partial charge in [0.25, 0.3) is 5.91 Å². The Bertz CT molecular complexity index is 943. The van der Waals surface area contributed by atoms with Gasteiger partial charge in [0.05, 0.1) is 19.3 Å². The quantitative estimate of drug-likeness (QED) is 0.723. The lowest BCUT2D eigenvalue weighted by atomic mass is 10.1. The second-order valence-electron chi connectivity index (χ2n) is 6.71. The molecule has 1 fully saturated rings. The van der Waals surface area contributed by atoms with Crippen molar-refractivity contribution in [2.75, 3.05) is 32.8 Å². The molecule has 0 saturated carbocycles. The number of hydrogen-bond donors (Lipinski definition) is 2. The summed E-state index contributed by atoms with van der Waals surface area (Å²) in [4.78, 5) is 17.8. The molecule has 6 nitrogen and oxygen atoms in total. The van der Waals surface area contributed by atoms with Gasteiger partial charge in [-0.05, 0) is 37.3 Å². The number of hydrogen-bond acceptors (Lipinski definition) is 4. The molecule has 27 heavy (non-hydrogen) atoms. The molecule has 1 aromatic carbocycles. The number of aryl methyl sites for hydroxylation is 1. The minimum Gasteiger partial charge on any atom is -0.465 e. The number of amides is 1. The highest BCUT2D eigenvalue weighted by Crippen LogP contribution is 2.24. The highest BCUT2D eigenvalue weighted by Gasteiger charge is 2.26. The van der Waals surface area contributed by atoms with Crippen LogP contribution in [0.25, 0.3) is 10.9 Å². The molecule has 1 saturated heterocycles. The number of halogens is 1. The van der Waals surface area contributed by atoms with E-state index in [-0.39, 0.29) is 17.8 Å². The third kappa shape index (κ3) is 3.74. The smallest absolute Gasteiger partial charge is 0.267 e. The van der Waals surface area contributed by atoms with E-state index < -0.39 is 0 Å². The first-order valence-electron chi connectivity index (χ1n) is 9.05. The number of carbonyl (C=O) groups excluding carboxylic acids is 1. The van der Waals surface area contributed by atoms with Crippen molar-refractivity contribution in [3.63, 3.8) is 0 Å². The van der Waals surface area contributed by atoms with Crippen molar-refractivity contribution in [2.45, 2.75) is 13.0 Å². The van der Waals surface area contributed by atoms with Crippen LogP contribution in [0.15, 0.2) is 40.8 Å². The van der Waals surface area contributed by atoms with Crippen LogP contribution in [-0.4, -0.2) is 48.6 Å². The van der Waals surface area contributed by atoms with Crippen LogP contribution in [0.2, 0.25) is 0 Å². The number of fused-ring (bicyclic) bond motifs is 1. The van der Waals surface area contributed by atoms with Gasteiger partial charge in [0.1, 0.15) is 23.0 Å². The summed E-state index contributed by atoms with van der Waals surface area (Å²) in [6, 6.07) is 10.1. The van der Waals surface area contributed by atoms with Crippen LogP contribution in [0.3, 0.4) is 0 Å². The van der Waals surface area contributed by atoms with E-state index in [9.17, 15) is 9.18 Å². The van der Waals surface area contributed by atoms with E-state index >= 15 is 0 Å². The Morgan fingerprint density at radius 2 is 2.11 bits per heavy atom. The van der Waals surface area contributed by atoms with Crippen molar-refractivity contribution < 1.29 is 18.3 Å². The number of morpholine rings is 1. The van der Waals surface area contributed by atoms with Crippen molar-refractivity contribution in [3.05, 3.63) is 59.4 Å². The average Bonchev–Trinajstić information content (AvgIpc) is 3.30. The summed E-state index contributed by atoms with van der Waals surface area (Å²) in [5, 5.41) is 3.36. The van der Waals surface area contributed by atoms with Crippen LogP contribution < -0.4 is 5.32 Å². The van der Waals surface area contributed by atoms with Gasteiger partial charge in [0, 0.05) is 30.5 Å². The fourth-order valence-corrected chi connectivity index (χ4v) is 3.46. The lowest BCUT2D eigenvalue weighted by Crippen LogP contribution is -2.43. The summed E-state index contributed by atoms with van der Waals surface area (Å²) < 4.78 is 25.1. The molecular weight excluding hydrogens is 349 g/mol. The number of H-pyrrole nitrogens is 1. The molecule has 3 heterocycles. The van der Waals surface area contributed by atoms with Crippen molar-refractivity contribution in [3.8, 4) is 0 Å². The molecule has 1 amide bonds. The molecule has 1 atom stereocenters. The molecule has 142 valence electrons. The molecule has 1 aliphatic rings. The Morgan fingerprint density at radius 1 is 1.30 bits per heavy atom. The number of nitrogens with one attached hydrogen (secondary N) is 2. The van der Waals surface area contributed by atoms with Gasteiger partial charge in [0.2, 0.25) is 0 Å². The first kappa shape index (κ1) is 17.8. The summed E-state index contributed by atoms with van der Waals surface area (Å²) in [6.45, 7) is 5.16. The lowest BCUT2D eigenvalue weighted by Gasteiger charge is -2.33. The van der Waals surface area contributed by atoms with Gasteiger partial charge in [-0.1, -0.05) is 6.07 Å². The average molecular weight is 371 g/mol. The molecule has 1 aliphatic heterocycles. The van der Waals surface area contributed by atoms with E-state index in [1.807, 2.05) is 19.1 Å². The molecule has 0 bridgehead atoms. The molecule has 0 radical (unpaired) electrons. The second-order valence-corrected chi connectivity index (χ2v) is 6.71. The van der Waals surface area contributed by atoms with Gasteiger partial charge in [-0.3, -0.25) is 9.69 Å². The van der Waals surface area contributed by atoms with E-state index in [1.54, 1.807) is 18.2 Å². The zero-order valence-corrected chi connectivity index (χ0v) is 15.1. The molecule has 0 spiro atoms. The number of furan rings is 1. The van der Waals surface area contributed by atoms with Crippen molar-refractivity contribution in [2.24, 2.45) is 0 Å². The molecule has 1 unspecified atom stereocenters. The van der Waals surface area contributed by atoms with Crippen LogP contribution in [0, 0.1) is 12.7 Å². The highest BCUT2D eigenvalue weighted by atomic mass is 19.1. The number of nitrogens with zero attached hydrogens (tertiary/aromatic N) is 1. The number of aromatic amines is 1. The highest BCUT2D eigenvalue weighted by molar-refractivity contribution is 5.98. The van der Waals surface area contributed by atoms with Crippen LogP contribution >= 0.6 is 0 Å². The van der Waals surface area contributed by atoms with Crippen LogP contribution in [0.4, 0.5) is 4.39 Å². The SMILES string of the molecule is Cc1ccc(C(CNC(=O)c2cc3c(F)cccc3[nH]2)N2CCOCC2)o1. The molecular formula is C20H22FN3O3. The van der Waals surface area contributed by atoms with Crippen LogP contribution in [-0.2, 0) is 4.74 Å². The zero-order valence-electron chi connectivity index (χ0n) is 15.1. The number of benzene rings is 1. The molecule has 3 aromatic rings. The Hall–Kier alpha value is -2.64. The third-order valence-corrected chi connectivity index (χ3v) is 4.89. The van der Waals surface area contributed by atoms with Gasteiger partial charge in [-0.25, -0.2) is 4.39 Å². The maximum Gasteiger partial charge on any atom is 0.267 e. The number of carbonyl (C=O) groups is 1. The van der Waals surface area contributed by atoms with E-state index in [2.05, 4.69) is 15.2 Å². The van der Waals surface area contributed by atoms with E-state index in [1.165, 1.54) is 6.07 Å². The van der Waals surface area contributed by atoms with E-state index in [4.69, 9.17) is 9.15 Å². The predicted octanol–water partition coefficient (Wildman–Crippen LogP) is 3.01. The summed E-state index contributed by atoms with van der Waals surface area (Å²) >= 11 is 0. The van der Waals surface area contributed by atoms with Crippen molar-refractivity contribution >= 4 is 16.8 Å². The summed E-state index contributed by atoms with van der Waals surface area (Å²) in [5.74, 6) is 1.03. The summed E-state index contributed by atoms with van der Waals surface area (Å²) in [5.41, 5.74) is 0.943. The van der Waals surface area contributed by atoms with Crippen molar-refractivity contribution in [1.29, 1.82) is 0 Å². The Balaban J connectivity index is 1.50. The fraction of sp³-hybridized carbons (Fsp3) is 0.350. The fourth-order valence-electron chi connectivity index (χ4n) is 3.46. The molecule has 4 rings (SSSR count). The topological polar surface area (TPSA) is 70.5 Å². The monoisotopic (exact) mass is 371 g/mol. The molecule has 2 aromatic heterocycles. The molecule has 2 N–H and O–H groups in total. The van der Waals surface area contributed by atoms with Gasteiger partial charge in [-0.2, -0.15) is 0 Å². The third-order valence-electron chi connectivity index (χ3n) is 4.89. The molecule has 7 heteroatoms. The first-order chi connectivity index (χ1) is 13.1. The number of aromatic nitrogens is 1. The molecule has 0 aliphatic carbocycles. The zero-order chi connectivity index (χ0) is 18.8. The van der Waals surface area contributed by atoms with Crippen LogP contribution in [0.1, 0.15) is 28.1 Å². The number of rotatable bonds is 5. The Kier molecular flexibility index (Phi) is 4.96. The lowest BCUT2D eigenvalue weighted by molar-refractivity contribution is 0.0117. The van der Waals surface area contributed by atoms with E-state index in [0.29, 0.717) is 36.4 Å². The van der Waals surface area contributed by atoms with Gasteiger partial charge in [0.15, 0.2) is 0 Å². The largest absolute Gasteiger partial charge is 0.465 e. The summed E-state index contributed by atoms with van der Waals surface area (Å²) in [7, 11) is 0. The maximum atomic E-state index is 13.9. The minimum atomic E-state index is -0.347. The Labute approximate surface area is 156 Å².